The van der Waals surface area contributed by atoms with Crippen molar-refractivity contribution in [2.24, 2.45) is 0 Å². The van der Waals surface area contributed by atoms with Crippen molar-refractivity contribution in [3.05, 3.63) is 77.7 Å². The van der Waals surface area contributed by atoms with Crippen molar-refractivity contribution in [3.63, 3.8) is 0 Å². The van der Waals surface area contributed by atoms with Gasteiger partial charge in [-0.15, -0.1) is 0 Å². The highest BCUT2D eigenvalue weighted by molar-refractivity contribution is 5.59. The summed E-state index contributed by atoms with van der Waals surface area (Å²) < 4.78 is 0. The van der Waals surface area contributed by atoms with E-state index in [-0.39, 0.29) is 0 Å². The molecule has 0 bridgehead atoms. The molecule has 0 aliphatic carbocycles. The third-order valence-corrected chi connectivity index (χ3v) is 6.50. The number of piperazine rings is 1. The van der Waals surface area contributed by atoms with Gasteiger partial charge in [-0.1, -0.05) is 37.3 Å². The van der Waals surface area contributed by atoms with E-state index in [0.717, 1.165) is 94.3 Å². The first-order valence-electron chi connectivity index (χ1n) is 12.5. The van der Waals surface area contributed by atoms with Gasteiger partial charge in [-0.3, -0.25) is 9.80 Å². The summed E-state index contributed by atoms with van der Waals surface area (Å²) in [5.41, 5.74) is 4.59. The molecule has 2 heterocycles. The smallest absolute Gasteiger partial charge is 0.128 e. The van der Waals surface area contributed by atoms with E-state index in [2.05, 4.69) is 51.3 Å². The molecule has 0 unspecified atom stereocenters. The number of phenolic OH excluding ortho intramolecular Hbond substituents is 1. The van der Waals surface area contributed by atoms with Gasteiger partial charge >= 0.3 is 0 Å². The van der Waals surface area contributed by atoms with Gasteiger partial charge < -0.3 is 10.4 Å². The second-order valence-corrected chi connectivity index (χ2v) is 9.04. The van der Waals surface area contributed by atoms with Crippen molar-refractivity contribution in [3.8, 4) is 17.0 Å². The third-order valence-electron chi connectivity index (χ3n) is 6.50. The van der Waals surface area contributed by atoms with Gasteiger partial charge in [-0.2, -0.15) is 0 Å². The maximum Gasteiger partial charge on any atom is 0.128 e. The molecule has 4 rings (SSSR count). The van der Waals surface area contributed by atoms with Gasteiger partial charge in [-0.25, -0.2) is 9.97 Å². The lowest BCUT2D eigenvalue weighted by Gasteiger charge is -2.30. The molecular formula is C28H37N5O. The largest absolute Gasteiger partial charge is 0.508 e. The van der Waals surface area contributed by atoms with Gasteiger partial charge in [0.25, 0.3) is 0 Å². The number of aromatic nitrogens is 2. The highest BCUT2D eigenvalue weighted by Crippen LogP contribution is 2.20. The molecule has 180 valence electrons. The lowest BCUT2D eigenvalue weighted by molar-refractivity contribution is 0.189. The molecule has 34 heavy (non-hydrogen) atoms. The van der Waals surface area contributed by atoms with Crippen molar-refractivity contribution < 1.29 is 5.11 Å². The monoisotopic (exact) mass is 459 g/mol. The van der Waals surface area contributed by atoms with Crippen LogP contribution in [-0.4, -0.2) is 70.7 Å². The molecule has 1 aromatic heterocycles. The molecule has 0 atom stereocenters. The normalized spacial score (nSPS) is 14.5. The predicted octanol–water partition coefficient (Wildman–Crippen LogP) is 3.75. The van der Waals surface area contributed by atoms with E-state index < -0.39 is 0 Å². The SMILES string of the molecule is CCN(CCN1CCNCC1)Cc1cccc(-c2ccnc(CCCc3cccc(O)c3)n2)c1. The number of phenols is 1. The molecule has 1 aliphatic rings. The zero-order valence-corrected chi connectivity index (χ0v) is 20.3. The molecule has 2 aromatic carbocycles. The van der Waals surface area contributed by atoms with Gasteiger partial charge in [0.2, 0.25) is 0 Å². The molecular weight excluding hydrogens is 422 g/mol. The maximum absolute atomic E-state index is 9.64. The molecule has 0 saturated carbocycles. The van der Waals surface area contributed by atoms with Gasteiger partial charge in [0, 0.05) is 64.0 Å². The van der Waals surface area contributed by atoms with E-state index in [0.29, 0.717) is 5.75 Å². The Morgan fingerprint density at radius 2 is 1.82 bits per heavy atom. The Morgan fingerprint density at radius 1 is 1.00 bits per heavy atom. The summed E-state index contributed by atoms with van der Waals surface area (Å²) in [5, 5.41) is 13.1. The Labute approximate surface area is 203 Å². The Balaban J connectivity index is 1.33. The van der Waals surface area contributed by atoms with Crippen LogP contribution in [0, 0.1) is 0 Å². The summed E-state index contributed by atoms with van der Waals surface area (Å²) in [6.07, 6.45) is 4.53. The Bertz CT molecular complexity index is 1030. The highest BCUT2D eigenvalue weighted by atomic mass is 16.3. The average Bonchev–Trinajstić information content (AvgIpc) is 2.87. The van der Waals surface area contributed by atoms with E-state index in [9.17, 15) is 5.11 Å². The van der Waals surface area contributed by atoms with Crippen LogP contribution in [0.2, 0.25) is 0 Å². The minimum atomic E-state index is 0.320. The second-order valence-electron chi connectivity index (χ2n) is 9.04. The number of nitrogens with zero attached hydrogens (tertiary/aromatic N) is 4. The second kappa shape index (κ2) is 12.6. The van der Waals surface area contributed by atoms with E-state index in [1.807, 2.05) is 30.5 Å². The number of hydrogen-bond donors (Lipinski definition) is 2. The molecule has 0 radical (unpaired) electrons. The van der Waals surface area contributed by atoms with E-state index >= 15 is 0 Å². The van der Waals surface area contributed by atoms with Crippen molar-refractivity contribution >= 4 is 0 Å². The molecule has 3 aromatic rings. The maximum atomic E-state index is 9.64. The number of likely N-dealkylation sites (N-methyl/N-ethyl adjacent to an activating group) is 1. The van der Waals surface area contributed by atoms with E-state index in [1.165, 1.54) is 5.56 Å². The van der Waals surface area contributed by atoms with Crippen molar-refractivity contribution in [1.82, 2.24) is 25.1 Å². The molecule has 1 fully saturated rings. The van der Waals surface area contributed by atoms with Crippen molar-refractivity contribution in [2.75, 3.05) is 45.8 Å². The summed E-state index contributed by atoms with van der Waals surface area (Å²) in [6, 6.07) is 18.2. The van der Waals surface area contributed by atoms with Crippen LogP contribution in [0.1, 0.15) is 30.3 Å². The Hall–Kier alpha value is -2.80. The fourth-order valence-corrected chi connectivity index (χ4v) is 4.50. The van der Waals surface area contributed by atoms with E-state index in [1.54, 1.807) is 6.07 Å². The summed E-state index contributed by atoms with van der Waals surface area (Å²) in [6.45, 7) is 11.0. The molecule has 1 aliphatic heterocycles. The van der Waals surface area contributed by atoms with E-state index in [4.69, 9.17) is 4.98 Å². The number of benzene rings is 2. The van der Waals surface area contributed by atoms with Crippen LogP contribution in [-0.2, 0) is 19.4 Å². The molecule has 0 amide bonds. The zero-order valence-electron chi connectivity index (χ0n) is 20.3. The summed E-state index contributed by atoms with van der Waals surface area (Å²) in [4.78, 5) is 14.4. The van der Waals surface area contributed by atoms with Gasteiger partial charge in [0.15, 0.2) is 0 Å². The standard InChI is InChI=1S/C28H37N5O/c1-2-32(18-19-33-16-14-29-15-17-33)22-24-8-3-9-25(20-24)27-12-13-30-28(31-27)11-5-7-23-6-4-10-26(34)21-23/h3-4,6,8-10,12-13,20-21,29,34H,2,5,7,11,14-19,22H2,1H3. The first kappa shape index (κ1) is 24.3. The van der Waals surface area contributed by atoms with Crippen LogP contribution >= 0.6 is 0 Å². The van der Waals surface area contributed by atoms with Crippen LogP contribution in [0.3, 0.4) is 0 Å². The Morgan fingerprint density at radius 3 is 2.65 bits per heavy atom. The summed E-state index contributed by atoms with van der Waals surface area (Å²) >= 11 is 0. The lowest BCUT2D eigenvalue weighted by Crippen LogP contribution is -2.46. The third kappa shape index (κ3) is 7.35. The molecule has 6 heteroatoms. The topological polar surface area (TPSA) is 64.5 Å². The first-order valence-corrected chi connectivity index (χ1v) is 12.5. The number of aromatic hydroxyl groups is 1. The minimum Gasteiger partial charge on any atom is -0.508 e. The zero-order chi connectivity index (χ0) is 23.6. The van der Waals surface area contributed by atoms with Crippen molar-refractivity contribution in [1.29, 1.82) is 0 Å². The quantitative estimate of drug-likeness (QED) is 0.455. The molecule has 1 saturated heterocycles. The average molecular weight is 460 g/mol. The molecule has 2 N–H and O–H groups in total. The fraction of sp³-hybridized carbons (Fsp3) is 0.429. The number of rotatable bonds is 11. The first-order chi connectivity index (χ1) is 16.7. The number of hydrogen-bond acceptors (Lipinski definition) is 6. The van der Waals surface area contributed by atoms with Crippen LogP contribution in [0.4, 0.5) is 0 Å². The highest BCUT2D eigenvalue weighted by Gasteiger charge is 2.12. The van der Waals surface area contributed by atoms with Gasteiger partial charge in [0.1, 0.15) is 11.6 Å². The van der Waals surface area contributed by atoms with Crippen LogP contribution in [0.15, 0.2) is 60.8 Å². The van der Waals surface area contributed by atoms with Gasteiger partial charge in [-0.05, 0) is 54.8 Å². The van der Waals surface area contributed by atoms with Gasteiger partial charge in [0.05, 0.1) is 5.69 Å². The minimum absolute atomic E-state index is 0.320. The summed E-state index contributed by atoms with van der Waals surface area (Å²) in [7, 11) is 0. The van der Waals surface area contributed by atoms with Crippen LogP contribution < -0.4 is 5.32 Å². The van der Waals surface area contributed by atoms with Crippen molar-refractivity contribution in [2.45, 2.75) is 32.7 Å². The molecule has 0 spiro atoms. The lowest BCUT2D eigenvalue weighted by atomic mass is 10.1. The molecule has 6 nitrogen and oxygen atoms in total. The number of nitrogens with one attached hydrogen (secondary N) is 1. The van der Waals surface area contributed by atoms with Crippen LogP contribution in [0.5, 0.6) is 5.75 Å². The summed E-state index contributed by atoms with van der Waals surface area (Å²) in [5.74, 6) is 1.19. The predicted molar refractivity (Wildman–Crippen MR) is 138 cm³/mol. The van der Waals surface area contributed by atoms with Crippen LogP contribution in [0.25, 0.3) is 11.3 Å². The Kier molecular flexibility index (Phi) is 9.02. The fourth-order valence-electron chi connectivity index (χ4n) is 4.50. The number of aryl methyl sites for hydroxylation is 2.